The summed E-state index contributed by atoms with van der Waals surface area (Å²) >= 11 is 11.2. The molecule has 80 valence electrons. The second kappa shape index (κ2) is 4.46. The second-order valence-corrected chi connectivity index (χ2v) is 3.32. The molecule has 0 N–H and O–H groups in total. The lowest BCUT2D eigenvalue weighted by Gasteiger charge is -2.04. The fourth-order valence-electron chi connectivity index (χ4n) is 1.02. The minimum Gasteiger partial charge on any atom is -0.465 e. The first-order valence-electron chi connectivity index (χ1n) is 3.69. The monoisotopic (exact) mass is 249 g/mol. The van der Waals surface area contributed by atoms with Crippen molar-refractivity contribution in [3.05, 3.63) is 37.9 Å². The number of nitro benzene ring substituents is 1. The number of nitro groups is 1. The third-order valence-electron chi connectivity index (χ3n) is 1.65. The van der Waals surface area contributed by atoms with Gasteiger partial charge in [-0.15, -0.1) is 0 Å². The van der Waals surface area contributed by atoms with Crippen LogP contribution in [0, 0.1) is 10.1 Å². The minimum absolute atomic E-state index is 0.0713. The molecule has 1 aromatic rings. The van der Waals surface area contributed by atoms with Crippen LogP contribution in [0.1, 0.15) is 10.4 Å². The maximum absolute atomic E-state index is 11.2. The first-order chi connectivity index (χ1) is 6.99. The number of methoxy groups -OCH3 is 1. The van der Waals surface area contributed by atoms with E-state index in [1.54, 1.807) is 0 Å². The molecule has 0 bridgehead atoms. The lowest BCUT2D eigenvalue weighted by Crippen LogP contribution is -2.07. The topological polar surface area (TPSA) is 69.4 Å². The molecule has 15 heavy (non-hydrogen) atoms. The van der Waals surface area contributed by atoms with Crippen molar-refractivity contribution in [2.45, 2.75) is 0 Å². The van der Waals surface area contributed by atoms with Gasteiger partial charge in [0.2, 0.25) is 0 Å². The number of halogens is 2. The van der Waals surface area contributed by atoms with Gasteiger partial charge in [-0.05, 0) is 12.1 Å². The Hall–Kier alpha value is -1.33. The zero-order valence-corrected chi connectivity index (χ0v) is 9.00. The van der Waals surface area contributed by atoms with Gasteiger partial charge >= 0.3 is 11.7 Å². The van der Waals surface area contributed by atoms with Crippen molar-refractivity contribution < 1.29 is 14.5 Å². The number of nitrogens with zero attached hydrogens (tertiary/aromatic N) is 1. The number of rotatable bonds is 2. The van der Waals surface area contributed by atoms with E-state index in [1.807, 2.05) is 0 Å². The molecule has 0 spiro atoms. The SMILES string of the molecule is COC(=O)c1c(Cl)ccc(Cl)c1[N+](=O)[O-]. The predicted molar refractivity (Wildman–Crippen MR) is 54.5 cm³/mol. The number of hydrogen-bond acceptors (Lipinski definition) is 4. The number of benzene rings is 1. The minimum atomic E-state index is -0.894. The van der Waals surface area contributed by atoms with Crippen LogP contribution in [-0.2, 0) is 4.74 Å². The van der Waals surface area contributed by atoms with Crippen LogP contribution in [-0.4, -0.2) is 18.0 Å². The molecule has 0 unspecified atom stereocenters. The summed E-state index contributed by atoms with van der Waals surface area (Å²) in [7, 11) is 1.10. The summed E-state index contributed by atoms with van der Waals surface area (Å²) in [5, 5.41) is 10.4. The molecule has 0 saturated heterocycles. The lowest BCUT2D eigenvalue weighted by atomic mass is 10.2. The van der Waals surface area contributed by atoms with E-state index in [-0.39, 0.29) is 15.6 Å². The van der Waals surface area contributed by atoms with Crippen molar-refractivity contribution in [3.8, 4) is 0 Å². The Kier molecular flexibility index (Phi) is 3.49. The van der Waals surface area contributed by atoms with Crippen LogP contribution in [0.5, 0.6) is 0 Å². The van der Waals surface area contributed by atoms with Crippen molar-refractivity contribution in [1.82, 2.24) is 0 Å². The van der Waals surface area contributed by atoms with Crippen LogP contribution < -0.4 is 0 Å². The standard InChI is InChI=1S/C8H5Cl2NO4/c1-15-8(12)6-4(9)2-3-5(10)7(6)11(13)14/h2-3H,1H3. The Balaban J connectivity index is 3.52. The van der Waals surface area contributed by atoms with E-state index in [9.17, 15) is 14.9 Å². The Morgan fingerprint density at radius 1 is 1.40 bits per heavy atom. The van der Waals surface area contributed by atoms with Gasteiger partial charge in [-0.1, -0.05) is 23.2 Å². The zero-order chi connectivity index (χ0) is 11.6. The van der Waals surface area contributed by atoms with Gasteiger partial charge in [0, 0.05) is 0 Å². The van der Waals surface area contributed by atoms with E-state index in [0.717, 1.165) is 7.11 Å². The summed E-state index contributed by atoms with van der Waals surface area (Å²) in [5.74, 6) is -0.894. The normalized spacial score (nSPS) is 9.80. The average molecular weight is 250 g/mol. The predicted octanol–water partition coefficient (Wildman–Crippen LogP) is 2.69. The molecular weight excluding hydrogens is 245 g/mol. The van der Waals surface area contributed by atoms with E-state index in [4.69, 9.17) is 23.2 Å². The van der Waals surface area contributed by atoms with Gasteiger partial charge in [-0.25, -0.2) is 4.79 Å². The first-order valence-corrected chi connectivity index (χ1v) is 4.45. The summed E-state index contributed by atoms with van der Waals surface area (Å²) in [5.41, 5.74) is -0.882. The van der Waals surface area contributed by atoms with Crippen LogP contribution in [0.4, 0.5) is 5.69 Å². The smallest absolute Gasteiger partial charge is 0.346 e. The van der Waals surface area contributed by atoms with Crippen molar-refractivity contribution in [2.75, 3.05) is 7.11 Å². The van der Waals surface area contributed by atoms with Gasteiger partial charge in [0.1, 0.15) is 5.02 Å². The number of esters is 1. The fourth-order valence-corrected chi connectivity index (χ4v) is 1.47. The highest BCUT2D eigenvalue weighted by molar-refractivity contribution is 6.37. The Morgan fingerprint density at radius 2 is 1.93 bits per heavy atom. The third kappa shape index (κ3) is 2.19. The molecular formula is C8H5Cl2NO4. The molecule has 0 aliphatic carbocycles. The summed E-state index contributed by atoms with van der Waals surface area (Å²) in [4.78, 5) is 21.1. The average Bonchev–Trinajstić information content (AvgIpc) is 2.19. The van der Waals surface area contributed by atoms with Crippen LogP contribution in [0.2, 0.25) is 10.0 Å². The maximum Gasteiger partial charge on any atom is 0.346 e. The van der Waals surface area contributed by atoms with E-state index in [1.165, 1.54) is 12.1 Å². The van der Waals surface area contributed by atoms with Gasteiger partial charge in [0.25, 0.3) is 0 Å². The molecule has 5 nitrogen and oxygen atoms in total. The number of hydrogen-bond donors (Lipinski definition) is 0. The molecule has 7 heteroatoms. The third-order valence-corrected chi connectivity index (χ3v) is 2.27. The van der Waals surface area contributed by atoms with Crippen LogP contribution in [0.3, 0.4) is 0 Å². The van der Waals surface area contributed by atoms with Gasteiger partial charge in [-0.3, -0.25) is 10.1 Å². The maximum atomic E-state index is 11.2. The molecule has 0 fully saturated rings. The quantitative estimate of drug-likeness (QED) is 0.459. The van der Waals surface area contributed by atoms with Crippen molar-refractivity contribution in [3.63, 3.8) is 0 Å². The van der Waals surface area contributed by atoms with Gasteiger partial charge in [0.05, 0.1) is 17.1 Å². The molecule has 0 radical (unpaired) electrons. The molecule has 0 aromatic heterocycles. The zero-order valence-electron chi connectivity index (χ0n) is 7.49. The molecule has 1 rings (SSSR count). The highest BCUT2D eigenvalue weighted by atomic mass is 35.5. The van der Waals surface area contributed by atoms with Gasteiger partial charge < -0.3 is 4.74 Å². The van der Waals surface area contributed by atoms with Gasteiger partial charge in [-0.2, -0.15) is 0 Å². The van der Waals surface area contributed by atoms with Crippen LogP contribution in [0.15, 0.2) is 12.1 Å². The van der Waals surface area contributed by atoms with Crippen molar-refractivity contribution in [1.29, 1.82) is 0 Å². The highest BCUT2D eigenvalue weighted by Gasteiger charge is 2.27. The molecule has 0 atom stereocenters. The van der Waals surface area contributed by atoms with E-state index < -0.39 is 16.6 Å². The van der Waals surface area contributed by atoms with Crippen LogP contribution in [0.25, 0.3) is 0 Å². The van der Waals surface area contributed by atoms with E-state index >= 15 is 0 Å². The lowest BCUT2D eigenvalue weighted by molar-refractivity contribution is -0.385. The van der Waals surface area contributed by atoms with Crippen molar-refractivity contribution in [2.24, 2.45) is 0 Å². The summed E-state index contributed by atoms with van der Waals surface area (Å²) < 4.78 is 4.38. The molecule has 0 amide bonds. The number of carbonyl (C=O) groups is 1. The molecule has 0 heterocycles. The number of carbonyl (C=O) groups excluding carboxylic acids is 1. The summed E-state index contributed by atoms with van der Waals surface area (Å²) in [6.07, 6.45) is 0. The Bertz CT molecular complexity index is 433. The first kappa shape index (κ1) is 11.7. The summed E-state index contributed by atoms with van der Waals surface area (Å²) in [6.45, 7) is 0. The Morgan fingerprint density at radius 3 is 2.40 bits per heavy atom. The highest BCUT2D eigenvalue weighted by Crippen LogP contribution is 2.33. The van der Waals surface area contributed by atoms with E-state index in [2.05, 4.69) is 4.74 Å². The summed E-state index contributed by atoms with van der Waals surface area (Å²) in [6, 6.07) is 2.54. The van der Waals surface area contributed by atoms with E-state index in [0.29, 0.717) is 0 Å². The molecule has 0 aliphatic heterocycles. The van der Waals surface area contributed by atoms with Crippen LogP contribution >= 0.6 is 23.2 Å². The Labute approximate surface area is 94.7 Å². The van der Waals surface area contributed by atoms with Crippen molar-refractivity contribution >= 4 is 34.9 Å². The fraction of sp³-hybridized carbons (Fsp3) is 0.125. The molecule has 1 aromatic carbocycles. The van der Waals surface area contributed by atoms with Gasteiger partial charge in [0.15, 0.2) is 5.56 Å². The number of ether oxygens (including phenoxy) is 1. The second-order valence-electron chi connectivity index (χ2n) is 2.50. The molecule has 0 aliphatic rings. The molecule has 0 saturated carbocycles. The largest absolute Gasteiger partial charge is 0.465 e.